The normalized spacial score (nSPS) is 15.3. The zero-order valence-corrected chi connectivity index (χ0v) is 20.8. The number of hydrogen-bond donors (Lipinski definition) is 2. The van der Waals surface area contributed by atoms with Crippen LogP contribution < -0.4 is 14.8 Å². The third-order valence-electron chi connectivity index (χ3n) is 5.44. The maximum absolute atomic E-state index is 12.7. The summed E-state index contributed by atoms with van der Waals surface area (Å²) in [6.07, 6.45) is 0.389. The van der Waals surface area contributed by atoms with Crippen LogP contribution in [0, 0.1) is 6.92 Å². The molecule has 1 aliphatic rings. The second kappa shape index (κ2) is 9.27. The quantitative estimate of drug-likeness (QED) is 0.420. The van der Waals surface area contributed by atoms with E-state index in [-0.39, 0.29) is 16.3 Å². The second-order valence-electron chi connectivity index (χ2n) is 9.11. The molecule has 1 amide bonds. The minimum absolute atomic E-state index is 0.0404. The van der Waals surface area contributed by atoms with Crippen LogP contribution in [-0.4, -0.2) is 28.6 Å². The zero-order chi connectivity index (χ0) is 24.6. The highest BCUT2D eigenvalue weighted by Gasteiger charge is 2.29. The molecule has 2 aromatic carbocycles. The standard InChI is InChI=1S/C25H25ClN2O5S/c1-13-21(25(2,3)4)34-24(27-13)28-22(29)14-5-7-15(8-6-14)33-20-12-19-17(11-18(20)26)16(23(30)31)9-10-32-19/h5-8,11-12,16H,9-10H2,1-4H3,(H,30,31)(H,27,28,29). The summed E-state index contributed by atoms with van der Waals surface area (Å²) in [7, 11) is 0. The smallest absolute Gasteiger partial charge is 0.311 e. The maximum atomic E-state index is 12.7. The molecule has 0 saturated carbocycles. The van der Waals surface area contributed by atoms with Crippen LogP contribution in [0.15, 0.2) is 36.4 Å². The lowest BCUT2D eigenvalue weighted by Crippen LogP contribution is -2.20. The van der Waals surface area contributed by atoms with Gasteiger partial charge in [0.1, 0.15) is 17.2 Å². The molecule has 34 heavy (non-hydrogen) atoms. The zero-order valence-electron chi connectivity index (χ0n) is 19.3. The van der Waals surface area contributed by atoms with E-state index in [1.165, 1.54) is 11.3 Å². The summed E-state index contributed by atoms with van der Waals surface area (Å²) in [4.78, 5) is 29.8. The molecule has 3 aromatic rings. The van der Waals surface area contributed by atoms with E-state index in [0.717, 1.165) is 10.6 Å². The average Bonchev–Trinajstić information content (AvgIpc) is 3.14. The van der Waals surface area contributed by atoms with Crippen LogP contribution in [0.25, 0.3) is 0 Å². The van der Waals surface area contributed by atoms with Gasteiger partial charge in [0.05, 0.1) is 23.2 Å². The van der Waals surface area contributed by atoms with Crippen molar-refractivity contribution in [1.29, 1.82) is 0 Å². The molecule has 0 radical (unpaired) electrons. The molecular weight excluding hydrogens is 476 g/mol. The molecule has 0 bridgehead atoms. The summed E-state index contributed by atoms with van der Waals surface area (Å²) in [6, 6.07) is 9.82. The van der Waals surface area contributed by atoms with Crippen molar-refractivity contribution in [2.75, 3.05) is 11.9 Å². The Morgan fingerprint density at radius 1 is 1.24 bits per heavy atom. The van der Waals surface area contributed by atoms with Gasteiger partial charge in [-0.15, -0.1) is 11.3 Å². The van der Waals surface area contributed by atoms with Crippen molar-refractivity contribution in [3.8, 4) is 17.2 Å². The monoisotopic (exact) mass is 500 g/mol. The number of aliphatic carboxylic acids is 1. The first-order chi connectivity index (χ1) is 16.0. The van der Waals surface area contributed by atoms with Crippen molar-refractivity contribution >= 4 is 39.9 Å². The molecule has 0 saturated heterocycles. The van der Waals surface area contributed by atoms with E-state index in [1.807, 2.05) is 6.92 Å². The summed E-state index contributed by atoms with van der Waals surface area (Å²) in [5, 5.41) is 13.1. The van der Waals surface area contributed by atoms with Gasteiger partial charge >= 0.3 is 5.97 Å². The van der Waals surface area contributed by atoms with E-state index in [0.29, 0.717) is 46.5 Å². The highest BCUT2D eigenvalue weighted by atomic mass is 35.5. The summed E-state index contributed by atoms with van der Waals surface area (Å²) >= 11 is 7.83. The minimum atomic E-state index is -0.911. The van der Waals surface area contributed by atoms with E-state index in [2.05, 4.69) is 31.1 Å². The number of halogens is 1. The van der Waals surface area contributed by atoms with Gasteiger partial charge in [-0.3, -0.25) is 14.9 Å². The maximum Gasteiger partial charge on any atom is 0.311 e. The van der Waals surface area contributed by atoms with E-state index < -0.39 is 11.9 Å². The number of nitrogens with zero attached hydrogens (tertiary/aromatic N) is 1. The topological polar surface area (TPSA) is 97.8 Å². The lowest BCUT2D eigenvalue weighted by Gasteiger charge is -2.24. The van der Waals surface area contributed by atoms with Gasteiger partial charge < -0.3 is 14.6 Å². The van der Waals surface area contributed by atoms with Crippen LogP contribution in [0.4, 0.5) is 5.13 Å². The van der Waals surface area contributed by atoms with Crippen molar-refractivity contribution in [2.45, 2.75) is 45.4 Å². The van der Waals surface area contributed by atoms with Crippen LogP contribution in [0.3, 0.4) is 0 Å². The van der Waals surface area contributed by atoms with Crippen molar-refractivity contribution in [2.24, 2.45) is 0 Å². The van der Waals surface area contributed by atoms with Gasteiger partial charge in [-0.05, 0) is 49.1 Å². The number of ether oxygens (including phenoxy) is 2. The number of anilines is 1. The number of nitrogens with one attached hydrogen (secondary N) is 1. The van der Waals surface area contributed by atoms with Crippen molar-refractivity contribution in [1.82, 2.24) is 4.98 Å². The summed E-state index contributed by atoms with van der Waals surface area (Å²) in [5.74, 6) is -0.566. The molecule has 1 aliphatic heterocycles. The number of aromatic nitrogens is 1. The Labute approximate surface area is 206 Å². The Morgan fingerprint density at radius 2 is 1.94 bits per heavy atom. The van der Waals surface area contributed by atoms with Crippen molar-refractivity contribution in [3.05, 3.63) is 63.1 Å². The molecule has 1 aromatic heterocycles. The molecule has 2 N–H and O–H groups in total. The van der Waals surface area contributed by atoms with Crippen molar-refractivity contribution in [3.63, 3.8) is 0 Å². The molecule has 1 unspecified atom stereocenters. The first-order valence-electron chi connectivity index (χ1n) is 10.8. The van der Waals surface area contributed by atoms with Gasteiger partial charge in [0.2, 0.25) is 0 Å². The van der Waals surface area contributed by atoms with Gasteiger partial charge in [-0.1, -0.05) is 32.4 Å². The van der Waals surface area contributed by atoms with Crippen LogP contribution in [0.5, 0.6) is 17.2 Å². The number of benzene rings is 2. The Hall–Kier alpha value is -3.10. The number of fused-ring (bicyclic) bond motifs is 1. The highest BCUT2D eigenvalue weighted by Crippen LogP contribution is 2.42. The molecule has 7 nitrogen and oxygen atoms in total. The number of rotatable bonds is 5. The lowest BCUT2D eigenvalue weighted by molar-refractivity contribution is -0.139. The third kappa shape index (κ3) is 5.03. The number of carbonyl (C=O) groups is 2. The van der Waals surface area contributed by atoms with Crippen molar-refractivity contribution < 1.29 is 24.2 Å². The Kier molecular flexibility index (Phi) is 6.55. The number of aryl methyl sites for hydroxylation is 1. The molecule has 1 atom stereocenters. The third-order valence-corrected chi connectivity index (χ3v) is 7.24. The van der Waals surface area contributed by atoms with Crippen LogP contribution in [0.2, 0.25) is 5.02 Å². The number of amides is 1. The van der Waals surface area contributed by atoms with E-state index in [1.54, 1.807) is 36.4 Å². The molecule has 0 aliphatic carbocycles. The van der Waals surface area contributed by atoms with Gasteiger partial charge in [-0.2, -0.15) is 0 Å². The van der Waals surface area contributed by atoms with Crippen LogP contribution in [-0.2, 0) is 10.2 Å². The molecule has 178 valence electrons. The number of thiazole rings is 1. The molecule has 0 spiro atoms. The Balaban J connectivity index is 1.47. The van der Waals surface area contributed by atoms with Gasteiger partial charge in [-0.25, -0.2) is 4.98 Å². The molecule has 9 heteroatoms. The number of hydrogen-bond acceptors (Lipinski definition) is 6. The lowest BCUT2D eigenvalue weighted by atomic mass is 9.93. The van der Waals surface area contributed by atoms with Gasteiger partial charge in [0.15, 0.2) is 5.13 Å². The predicted molar refractivity (Wildman–Crippen MR) is 132 cm³/mol. The largest absolute Gasteiger partial charge is 0.493 e. The number of carboxylic acids is 1. The summed E-state index contributed by atoms with van der Waals surface area (Å²) in [6.45, 7) is 8.60. The molecular formula is C25H25ClN2O5S. The minimum Gasteiger partial charge on any atom is -0.493 e. The van der Waals surface area contributed by atoms with Crippen LogP contribution >= 0.6 is 22.9 Å². The van der Waals surface area contributed by atoms with E-state index in [4.69, 9.17) is 21.1 Å². The molecule has 4 rings (SSSR count). The van der Waals surface area contributed by atoms with E-state index >= 15 is 0 Å². The molecule has 0 fully saturated rings. The van der Waals surface area contributed by atoms with Crippen LogP contribution in [0.1, 0.15) is 59.6 Å². The fourth-order valence-corrected chi connectivity index (χ4v) is 5.07. The Morgan fingerprint density at radius 3 is 2.56 bits per heavy atom. The number of carboxylic acid groups (broad SMARTS) is 1. The summed E-state index contributed by atoms with van der Waals surface area (Å²) < 4.78 is 11.5. The van der Waals surface area contributed by atoms with Gasteiger partial charge in [0.25, 0.3) is 5.91 Å². The first-order valence-corrected chi connectivity index (χ1v) is 12.0. The highest BCUT2D eigenvalue weighted by molar-refractivity contribution is 7.16. The average molecular weight is 501 g/mol. The number of carbonyl (C=O) groups excluding carboxylic acids is 1. The second-order valence-corrected chi connectivity index (χ2v) is 10.5. The fraction of sp³-hybridized carbons (Fsp3) is 0.320. The summed E-state index contributed by atoms with van der Waals surface area (Å²) in [5.41, 5.74) is 1.87. The molecule has 2 heterocycles. The first kappa shape index (κ1) is 24.0. The van der Waals surface area contributed by atoms with E-state index in [9.17, 15) is 14.7 Å². The Bertz CT molecular complexity index is 1250. The predicted octanol–water partition coefficient (Wildman–Crippen LogP) is 6.40. The SMILES string of the molecule is Cc1nc(NC(=O)c2ccc(Oc3cc4c(cc3Cl)C(C(=O)O)CCO4)cc2)sc1C(C)(C)C. The van der Waals surface area contributed by atoms with Gasteiger partial charge in [0, 0.05) is 22.1 Å². The fourth-order valence-electron chi connectivity index (χ4n) is 3.84.